The van der Waals surface area contributed by atoms with E-state index in [0.29, 0.717) is 26.4 Å². The molecule has 1 heterocycles. The van der Waals surface area contributed by atoms with E-state index in [1.807, 2.05) is 11.4 Å². The Kier molecular flexibility index (Phi) is 6.36. The number of aromatic nitrogens is 1. The second-order valence-electron chi connectivity index (χ2n) is 5.89. The highest BCUT2D eigenvalue weighted by atomic mass is 35.5. The molecule has 28 heavy (non-hydrogen) atoms. The normalized spacial score (nSPS) is 12.0. The van der Waals surface area contributed by atoms with Gasteiger partial charge in [-0.2, -0.15) is 5.10 Å². The highest BCUT2D eigenvalue weighted by Gasteiger charge is 2.18. The number of thiazole rings is 1. The number of rotatable bonds is 6. The van der Waals surface area contributed by atoms with Gasteiger partial charge in [0, 0.05) is 35.6 Å². The molecule has 0 radical (unpaired) electrons. The molecular weight excluding hydrogens is 439 g/mol. The average Bonchev–Trinajstić information content (AvgIpc) is 3.12. The Hall–Kier alpha value is -1.97. The van der Waals surface area contributed by atoms with Crippen molar-refractivity contribution < 1.29 is 8.42 Å². The SMILES string of the molecule is CN(C)S(=O)(=O)c1cccc(-c2csc(N/N=C/c3ccc(Cl)cc3Cl)n2)c1. The van der Waals surface area contributed by atoms with Crippen molar-refractivity contribution in [2.75, 3.05) is 19.5 Å². The van der Waals surface area contributed by atoms with Crippen molar-refractivity contribution in [1.82, 2.24) is 9.29 Å². The lowest BCUT2D eigenvalue weighted by Gasteiger charge is -2.11. The van der Waals surface area contributed by atoms with Crippen LogP contribution in [0.2, 0.25) is 10.0 Å². The van der Waals surface area contributed by atoms with Gasteiger partial charge in [0.2, 0.25) is 15.2 Å². The van der Waals surface area contributed by atoms with Gasteiger partial charge in [-0.05, 0) is 24.3 Å². The minimum atomic E-state index is -3.50. The topological polar surface area (TPSA) is 74.7 Å². The maximum Gasteiger partial charge on any atom is 0.242 e. The fourth-order valence-corrected chi connectivity index (χ4v) is 4.32. The van der Waals surface area contributed by atoms with Crippen molar-refractivity contribution in [3.63, 3.8) is 0 Å². The van der Waals surface area contributed by atoms with E-state index < -0.39 is 10.0 Å². The summed E-state index contributed by atoms with van der Waals surface area (Å²) < 4.78 is 25.8. The fourth-order valence-electron chi connectivity index (χ4n) is 2.25. The van der Waals surface area contributed by atoms with E-state index in [4.69, 9.17) is 23.2 Å². The Bertz CT molecular complexity index is 1130. The molecule has 0 fully saturated rings. The third kappa shape index (κ3) is 4.71. The van der Waals surface area contributed by atoms with Crippen LogP contribution in [0.4, 0.5) is 5.13 Å². The molecule has 0 aliphatic rings. The molecule has 0 bridgehead atoms. The predicted octanol–water partition coefficient (Wildman–Crippen LogP) is 4.81. The number of hydrogen-bond acceptors (Lipinski definition) is 6. The molecule has 3 rings (SSSR count). The number of sulfonamides is 1. The second-order valence-corrected chi connectivity index (χ2v) is 9.74. The van der Waals surface area contributed by atoms with Crippen molar-refractivity contribution in [2.45, 2.75) is 4.90 Å². The highest BCUT2D eigenvalue weighted by molar-refractivity contribution is 7.89. The smallest absolute Gasteiger partial charge is 0.242 e. The maximum absolute atomic E-state index is 12.3. The van der Waals surface area contributed by atoms with E-state index in [-0.39, 0.29) is 4.90 Å². The van der Waals surface area contributed by atoms with Crippen LogP contribution in [0, 0.1) is 0 Å². The Morgan fingerprint density at radius 1 is 1.18 bits per heavy atom. The predicted molar refractivity (Wildman–Crippen MR) is 116 cm³/mol. The van der Waals surface area contributed by atoms with E-state index in [1.54, 1.807) is 42.6 Å². The lowest BCUT2D eigenvalue weighted by Crippen LogP contribution is -2.22. The van der Waals surface area contributed by atoms with Crippen LogP contribution < -0.4 is 5.43 Å². The molecule has 0 spiro atoms. The van der Waals surface area contributed by atoms with E-state index in [0.717, 1.165) is 5.56 Å². The van der Waals surface area contributed by atoms with Crippen LogP contribution in [0.5, 0.6) is 0 Å². The zero-order chi connectivity index (χ0) is 20.3. The van der Waals surface area contributed by atoms with Crippen molar-refractivity contribution in [3.8, 4) is 11.3 Å². The fraction of sp³-hybridized carbons (Fsp3) is 0.111. The lowest BCUT2D eigenvalue weighted by atomic mass is 10.2. The van der Waals surface area contributed by atoms with Gasteiger partial charge in [-0.15, -0.1) is 11.3 Å². The molecule has 10 heteroatoms. The Morgan fingerprint density at radius 3 is 2.68 bits per heavy atom. The number of hydrogen-bond donors (Lipinski definition) is 1. The molecule has 0 amide bonds. The van der Waals surface area contributed by atoms with Crippen LogP contribution in [0.15, 0.2) is 57.8 Å². The van der Waals surface area contributed by atoms with Gasteiger partial charge < -0.3 is 0 Å². The van der Waals surface area contributed by atoms with Crippen LogP contribution in [0.1, 0.15) is 5.56 Å². The monoisotopic (exact) mass is 454 g/mol. The highest BCUT2D eigenvalue weighted by Crippen LogP contribution is 2.27. The summed E-state index contributed by atoms with van der Waals surface area (Å²) in [6.07, 6.45) is 1.57. The van der Waals surface area contributed by atoms with Gasteiger partial charge in [0.25, 0.3) is 0 Å². The minimum absolute atomic E-state index is 0.216. The molecule has 0 aliphatic heterocycles. The molecule has 146 valence electrons. The van der Waals surface area contributed by atoms with E-state index in [1.165, 1.54) is 29.7 Å². The zero-order valence-corrected chi connectivity index (χ0v) is 18.1. The van der Waals surface area contributed by atoms with Crippen LogP contribution in [-0.2, 0) is 10.0 Å². The standard InChI is InChI=1S/C18H16Cl2N4O2S2/c1-24(2)28(25,26)15-5-3-4-12(8-15)17-11-27-18(22-17)23-21-10-13-6-7-14(19)9-16(13)20/h3-11H,1-2H3,(H,22,23)/b21-10+. The molecular formula is C18H16Cl2N4O2S2. The minimum Gasteiger partial charge on any atom is -0.253 e. The first kappa shape index (κ1) is 20.8. The maximum atomic E-state index is 12.3. The Balaban J connectivity index is 1.77. The quantitative estimate of drug-likeness (QED) is 0.428. The van der Waals surface area contributed by atoms with Gasteiger partial charge in [0.15, 0.2) is 0 Å². The zero-order valence-electron chi connectivity index (χ0n) is 14.9. The van der Waals surface area contributed by atoms with Crippen molar-refractivity contribution >= 4 is 55.9 Å². The van der Waals surface area contributed by atoms with Gasteiger partial charge >= 0.3 is 0 Å². The first-order valence-electron chi connectivity index (χ1n) is 8.00. The van der Waals surface area contributed by atoms with Crippen molar-refractivity contribution in [3.05, 3.63) is 63.5 Å². The number of nitrogens with one attached hydrogen (secondary N) is 1. The van der Waals surface area contributed by atoms with E-state index >= 15 is 0 Å². The molecule has 0 unspecified atom stereocenters. The van der Waals surface area contributed by atoms with Gasteiger partial charge in [0.05, 0.1) is 21.8 Å². The Morgan fingerprint density at radius 2 is 1.96 bits per heavy atom. The van der Waals surface area contributed by atoms with Crippen LogP contribution >= 0.6 is 34.5 Å². The summed E-state index contributed by atoms with van der Waals surface area (Å²) in [6.45, 7) is 0. The molecule has 6 nitrogen and oxygen atoms in total. The summed E-state index contributed by atoms with van der Waals surface area (Å²) in [7, 11) is -0.509. The first-order chi connectivity index (χ1) is 13.3. The Labute approximate surface area is 177 Å². The van der Waals surface area contributed by atoms with Crippen LogP contribution in [-0.4, -0.2) is 38.0 Å². The lowest BCUT2D eigenvalue weighted by molar-refractivity contribution is 0.521. The van der Waals surface area contributed by atoms with Gasteiger partial charge in [-0.25, -0.2) is 17.7 Å². The molecule has 0 saturated carbocycles. The summed E-state index contributed by atoms with van der Waals surface area (Å²) in [5.41, 5.74) is 4.93. The third-order valence-corrected chi connectivity index (χ3v) is 6.86. The number of anilines is 1. The summed E-state index contributed by atoms with van der Waals surface area (Å²) in [4.78, 5) is 4.66. The molecule has 1 N–H and O–H groups in total. The molecule has 2 aromatic carbocycles. The summed E-state index contributed by atoms with van der Waals surface area (Å²) in [5, 5.41) is 7.58. The second kappa shape index (κ2) is 8.59. The number of hydrazone groups is 1. The van der Waals surface area contributed by atoms with E-state index in [9.17, 15) is 8.42 Å². The van der Waals surface area contributed by atoms with Gasteiger partial charge in [-0.1, -0.05) is 41.4 Å². The van der Waals surface area contributed by atoms with Gasteiger partial charge in [-0.3, -0.25) is 5.43 Å². The van der Waals surface area contributed by atoms with Gasteiger partial charge in [0.1, 0.15) is 0 Å². The summed E-state index contributed by atoms with van der Waals surface area (Å²) >= 11 is 13.3. The summed E-state index contributed by atoms with van der Waals surface area (Å²) in [5.74, 6) is 0. The number of halogens is 2. The molecule has 0 saturated heterocycles. The third-order valence-electron chi connectivity index (χ3n) is 3.74. The van der Waals surface area contributed by atoms with E-state index in [2.05, 4.69) is 15.5 Å². The molecule has 1 aromatic heterocycles. The number of nitrogens with zero attached hydrogens (tertiary/aromatic N) is 3. The molecule has 3 aromatic rings. The first-order valence-corrected chi connectivity index (χ1v) is 11.1. The largest absolute Gasteiger partial charge is 0.253 e. The van der Waals surface area contributed by atoms with Crippen molar-refractivity contribution in [2.24, 2.45) is 5.10 Å². The van der Waals surface area contributed by atoms with Crippen LogP contribution in [0.25, 0.3) is 11.3 Å². The summed E-state index contributed by atoms with van der Waals surface area (Å²) in [6, 6.07) is 11.8. The van der Waals surface area contributed by atoms with Crippen LogP contribution in [0.3, 0.4) is 0 Å². The average molecular weight is 455 g/mol. The number of benzene rings is 2. The van der Waals surface area contributed by atoms with Crippen molar-refractivity contribution in [1.29, 1.82) is 0 Å². The molecule has 0 atom stereocenters. The molecule has 0 aliphatic carbocycles.